The number of hydrogen-bond donors (Lipinski definition) is 0. The van der Waals surface area contributed by atoms with E-state index in [-0.39, 0.29) is 0 Å². The first kappa shape index (κ1) is 48.6. The number of para-hydroxylation sites is 2. The molecule has 0 spiro atoms. The van der Waals surface area contributed by atoms with Crippen LogP contribution in [0.1, 0.15) is 0 Å². The molecule has 16 aromatic rings. The first-order chi connectivity index (χ1) is 41.6. The number of hydrogen-bond acceptors (Lipinski definition) is 6. The zero-order chi connectivity index (χ0) is 55.5. The molecule has 4 aromatic heterocycles. The van der Waals surface area contributed by atoms with Gasteiger partial charge in [-0.15, -0.1) is 0 Å². The summed E-state index contributed by atoms with van der Waals surface area (Å²) >= 11 is 0. The van der Waals surface area contributed by atoms with E-state index < -0.39 is 0 Å². The van der Waals surface area contributed by atoms with Crippen molar-refractivity contribution in [2.45, 2.75) is 0 Å². The minimum absolute atomic E-state index is 0.679. The van der Waals surface area contributed by atoms with Gasteiger partial charge in [-0.3, -0.25) is 9.97 Å². The van der Waals surface area contributed by atoms with Gasteiger partial charge in [0.2, 0.25) is 0 Å². The molecule has 390 valence electrons. The minimum atomic E-state index is 0.679. The third kappa shape index (κ3) is 8.87. The fraction of sp³-hybridized carbons (Fsp3) is 0. The van der Waals surface area contributed by atoms with E-state index in [0.717, 1.165) is 154 Å². The van der Waals surface area contributed by atoms with E-state index >= 15 is 0 Å². The van der Waals surface area contributed by atoms with Crippen LogP contribution in [0.15, 0.2) is 291 Å². The average molecular weight is 1070 g/mol. The van der Waals surface area contributed by atoms with Crippen LogP contribution in [0.25, 0.3) is 166 Å². The molecule has 0 saturated carbocycles. The number of pyridine rings is 2. The fourth-order valence-corrected chi connectivity index (χ4v) is 12.0. The van der Waals surface area contributed by atoms with E-state index in [0.29, 0.717) is 11.6 Å². The molecule has 0 aliphatic rings. The van der Waals surface area contributed by atoms with Gasteiger partial charge in [-0.05, 0) is 114 Å². The molecule has 0 aliphatic carbocycles. The molecule has 0 saturated heterocycles. The van der Waals surface area contributed by atoms with Crippen LogP contribution in [0.2, 0.25) is 0 Å². The predicted molar refractivity (Wildman–Crippen MR) is 347 cm³/mol. The first-order valence-corrected chi connectivity index (χ1v) is 28.3. The van der Waals surface area contributed by atoms with Crippen LogP contribution in [-0.4, -0.2) is 29.9 Å². The molecule has 6 nitrogen and oxygen atoms in total. The highest BCUT2D eigenvalue weighted by Crippen LogP contribution is 2.40. The molecule has 0 unspecified atom stereocenters. The van der Waals surface area contributed by atoms with Crippen molar-refractivity contribution in [3.8, 4) is 101 Å². The summed E-state index contributed by atoms with van der Waals surface area (Å²) in [6.45, 7) is 0. The van der Waals surface area contributed by atoms with E-state index in [2.05, 4.69) is 255 Å². The van der Waals surface area contributed by atoms with Crippen molar-refractivity contribution in [2.24, 2.45) is 0 Å². The third-order valence-electron chi connectivity index (χ3n) is 16.3. The van der Waals surface area contributed by atoms with Gasteiger partial charge in [0.05, 0.1) is 33.8 Å². The number of aromatic nitrogens is 6. The summed E-state index contributed by atoms with van der Waals surface area (Å²) in [4.78, 5) is 31.2. The lowest BCUT2D eigenvalue weighted by atomic mass is 9.95. The van der Waals surface area contributed by atoms with Gasteiger partial charge in [0.1, 0.15) is 0 Å². The molecule has 0 atom stereocenters. The van der Waals surface area contributed by atoms with Crippen LogP contribution in [0.4, 0.5) is 0 Å². The second-order valence-corrected chi connectivity index (χ2v) is 21.5. The summed E-state index contributed by atoms with van der Waals surface area (Å²) in [6, 6.07) is 98.5. The van der Waals surface area contributed by atoms with E-state index in [4.69, 9.17) is 29.9 Å². The van der Waals surface area contributed by atoms with Gasteiger partial charge in [-0.2, -0.15) is 0 Å². The minimum Gasteiger partial charge on any atom is -0.256 e. The Morgan fingerprint density at radius 2 is 0.440 bits per heavy atom. The zero-order valence-electron chi connectivity index (χ0n) is 45.4. The van der Waals surface area contributed by atoms with Crippen molar-refractivity contribution in [3.63, 3.8) is 0 Å². The summed E-state index contributed by atoms with van der Waals surface area (Å²) in [7, 11) is 0. The molecular formula is C78H48N6. The Hall–Kier alpha value is -11.3. The summed E-state index contributed by atoms with van der Waals surface area (Å²) in [5, 5.41) is 11.2. The second-order valence-electron chi connectivity index (χ2n) is 21.5. The Labute approximate surface area is 484 Å². The van der Waals surface area contributed by atoms with Crippen molar-refractivity contribution >= 4 is 64.9 Å². The molecule has 0 bridgehead atoms. The smallest absolute Gasteiger partial charge is 0.161 e. The maximum absolute atomic E-state index is 5.43. The topological polar surface area (TPSA) is 77.3 Å². The molecule has 6 heteroatoms. The van der Waals surface area contributed by atoms with E-state index in [1.165, 1.54) is 0 Å². The molecule has 0 fully saturated rings. The van der Waals surface area contributed by atoms with Gasteiger partial charge in [0, 0.05) is 67.7 Å². The van der Waals surface area contributed by atoms with Crippen LogP contribution in [0.5, 0.6) is 0 Å². The Morgan fingerprint density at radius 1 is 0.190 bits per heavy atom. The second kappa shape index (κ2) is 20.3. The van der Waals surface area contributed by atoms with Gasteiger partial charge >= 0.3 is 0 Å². The van der Waals surface area contributed by atoms with Crippen LogP contribution < -0.4 is 0 Å². The quantitative estimate of drug-likeness (QED) is 0.134. The predicted octanol–water partition coefficient (Wildman–Crippen LogP) is 20.0. The van der Waals surface area contributed by atoms with Crippen LogP contribution >= 0.6 is 0 Å². The average Bonchev–Trinajstić information content (AvgIpc) is 1.70. The molecule has 0 aliphatic heterocycles. The summed E-state index contributed by atoms with van der Waals surface area (Å²) in [5.41, 5.74) is 17.8. The third-order valence-corrected chi connectivity index (χ3v) is 16.3. The molecule has 0 N–H and O–H groups in total. The van der Waals surface area contributed by atoms with Crippen LogP contribution in [0.3, 0.4) is 0 Å². The normalized spacial score (nSPS) is 11.6. The van der Waals surface area contributed by atoms with E-state index in [9.17, 15) is 0 Å². The Bertz CT molecular complexity index is 4790. The van der Waals surface area contributed by atoms with Gasteiger partial charge in [0.25, 0.3) is 0 Å². The van der Waals surface area contributed by atoms with Gasteiger partial charge in [-0.25, -0.2) is 19.9 Å². The van der Waals surface area contributed by atoms with Gasteiger partial charge in [0.15, 0.2) is 11.6 Å². The van der Waals surface area contributed by atoms with E-state index in [1.807, 2.05) is 36.7 Å². The number of nitrogens with zero attached hydrogens (tertiary/aromatic N) is 6. The first-order valence-electron chi connectivity index (χ1n) is 28.3. The highest BCUT2D eigenvalue weighted by atomic mass is 14.9. The number of rotatable bonds is 9. The lowest BCUT2D eigenvalue weighted by molar-refractivity contribution is 1.19. The van der Waals surface area contributed by atoms with Gasteiger partial charge < -0.3 is 0 Å². The summed E-state index contributed by atoms with van der Waals surface area (Å²) < 4.78 is 0. The molecule has 0 radical (unpaired) electrons. The summed E-state index contributed by atoms with van der Waals surface area (Å²) in [6.07, 6.45) is 3.90. The van der Waals surface area contributed by atoms with Crippen molar-refractivity contribution in [1.29, 1.82) is 0 Å². The van der Waals surface area contributed by atoms with Crippen LogP contribution in [0, 0.1) is 0 Å². The maximum Gasteiger partial charge on any atom is 0.161 e. The molecular weight excluding hydrogens is 1020 g/mol. The monoisotopic (exact) mass is 1070 g/mol. The van der Waals surface area contributed by atoms with Crippen LogP contribution in [-0.2, 0) is 0 Å². The summed E-state index contributed by atoms with van der Waals surface area (Å²) in [5.74, 6) is 1.36. The van der Waals surface area contributed by atoms with Gasteiger partial charge in [-0.1, -0.05) is 231 Å². The van der Waals surface area contributed by atoms with E-state index in [1.54, 1.807) is 0 Å². The highest BCUT2D eigenvalue weighted by molar-refractivity contribution is 6.13. The lowest BCUT2D eigenvalue weighted by Crippen LogP contribution is -1.98. The van der Waals surface area contributed by atoms with Crippen molar-refractivity contribution in [1.82, 2.24) is 29.9 Å². The maximum atomic E-state index is 5.43. The fourth-order valence-electron chi connectivity index (χ4n) is 12.0. The SMILES string of the molecule is c1ccc2ncc(-c3ccc(-c4cc(-c5ccc(-c6ccc(-c7cc(-c8ccc(-c9cnc%10ccccc%10c9)cc8)nc(-c8c9ccccc9cc9ccccc89)n7)cc6)cc5)nc(-c5c6ccccc6cc6ccccc56)n4)cc3)cc2c1. The molecule has 4 heterocycles. The van der Waals surface area contributed by atoms with Crippen molar-refractivity contribution in [2.75, 3.05) is 0 Å². The Morgan fingerprint density at radius 3 is 0.750 bits per heavy atom. The number of fused-ring (bicyclic) bond motifs is 6. The van der Waals surface area contributed by atoms with Crippen molar-refractivity contribution < 1.29 is 0 Å². The Balaban J connectivity index is 0.766. The largest absolute Gasteiger partial charge is 0.256 e. The standard InChI is InChI=1S/C78H48N6/c1-7-19-65-57(13-1)41-58-14-2-8-20-66(58)75(65)77-81-71(45-73(83-77)55-37-29-51(30-38-55)63-43-61-17-5-11-23-69(61)79-47-63)53-33-25-49(26-34-53)50-27-35-54(36-28-50)72-46-74(56-39-31-52(32-40-56)64-44-62-18-6-12-24-70(62)80-48-64)84-78(82-72)76-67-21-9-3-15-59(67)42-60-16-4-10-22-68(60)76/h1-48H. The molecule has 16 rings (SSSR count). The van der Waals surface area contributed by atoms with Crippen molar-refractivity contribution in [3.05, 3.63) is 291 Å². The zero-order valence-corrected chi connectivity index (χ0v) is 45.4. The molecule has 12 aromatic carbocycles. The lowest BCUT2D eigenvalue weighted by Gasteiger charge is -2.15. The number of benzene rings is 12. The highest BCUT2D eigenvalue weighted by Gasteiger charge is 2.19. The Kier molecular flexibility index (Phi) is 11.8. The molecule has 0 amide bonds. The molecule has 84 heavy (non-hydrogen) atoms.